The van der Waals surface area contributed by atoms with E-state index in [2.05, 4.69) is 25.6 Å². The number of rotatable bonds is 9. The fourth-order valence-electron chi connectivity index (χ4n) is 1.22. The first kappa shape index (κ1) is 15.9. The molecule has 1 rings (SSSR count). The Labute approximate surface area is 117 Å². The second-order valence-electron chi connectivity index (χ2n) is 3.94. The van der Waals surface area contributed by atoms with Gasteiger partial charge in [-0.05, 0) is 13.3 Å². The van der Waals surface area contributed by atoms with Crippen molar-refractivity contribution in [3.63, 3.8) is 0 Å². The largest absolute Gasteiger partial charge is 0.463 e. The number of anilines is 2. The van der Waals surface area contributed by atoms with Gasteiger partial charge in [0.25, 0.3) is 0 Å². The standard InChI is InChI=1S/C11H20N6O3/c1-3-5-20-11-16-9(13-4-2)15-10(17-11)14-6-7(18)8(12)19/h7,18H,3-6H2,1-2H3,(H2,12,19)(H2,13,14,15,16,17). The van der Waals surface area contributed by atoms with Gasteiger partial charge in [-0.1, -0.05) is 6.92 Å². The van der Waals surface area contributed by atoms with Gasteiger partial charge in [0.1, 0.15) is 6.10 Å². The molecule has 0 spiro atoms. The lowest BCUT2D eigenvalue weighted by molar-refractivity contribution is -0.125. The van der Waals surface area contributed by atoms with Crippen LogP contribution in [0.5, 0.6) is 6.01 Å². The molecule has 1 amide bonds. The van der Waals surface area contributed by atoms with Crippen LogP contribution in [0.1, 0.15) is 20.3 Å². The smallest absolute Gasteiger partial charge is 0.323 e. The first-order valence-corrected chi connectivity index (χ1v) is 6.40. The molecular formula is C11H20N6O3. The number of nitrogens with one attached hydrogen (secondary N) is 2. The molecule has 0 aliphatic carbocycles. The van der Waals surface area contributed by atoms with Crippen LogP contribution in [0.2, 0.25) is 0 Å². The Morgan fingerprint density at radius 1 is 1.30 bits per heavy atom. The Morgan fingerprint density at radius 3 is 2.50 bits per heavy atom. The van der Waals surface area contributed by atoms with E-state index in [1.165, 1.54) is 0 Å². The Morgan fingerprint density at radius 2 is 1.95 bits per heavy atom. The number of aromatic nitrogens is 3. The molecule has 5 N–H and O–H groups in total. The molecule has 1 atom stereocenters. The number of carbonyl (C=O) groups excluding carboxylic acids is 1. The molecule has 112 valence electrons. The molecule has 1 unspecified atom stereocenters. The number of carbonyl (C=O) groups is 1. The maximum absolute atomic E-state index is 10.7. The maximum Gasteiger partial charge on any atom is 0.323 e. The summed E-state index contributed by atoms with van der Waals surface area (Å²) in [4.78, 5) is 22.9. The van der Waals surface area contributed by atoms with Crippen LogP contribution in [-0.4, -0.2) is 51.8 Å². The van der Waals surface area contributed by atoms with Gasteiger partial charge >= 0.3 is 6.01 Å². The zero-order chi connectivity index (χ0) is 15.0. The molecule has 1 aromatic rings. The van der Waals surface area contributed by atoms with E-state index in [0.29, 0.717) is 19.1 Å². The van der Waals surface area contributed by atoms with Crippen molar-refractivity contribution in [2.24, 2.45) is 5.73 Å². The van der Waals surface area contributed by atoms with Gasteiger partial charge in [0.2, 0.25) is 17.8 Å². The minimum atomic E-state index is -1.31. The second kappa shape index (κ2) is 8.10. The van der Waals surface area contributed by atoms with Crippen molar-refractivity contribution >= 4 is 17.8 Å². The number of amides is 1. The molecule has 0 bridgehead atoms. The molecule has 1 heterocycles. The van der Waals surface area contributed by atoms with Crippen molar-refractivity contribution in [2.75, 3.05) is 30.3 Å². The third kappa shape index (κ3) is 5.22. The summed E-state index contributed by atoms with van der Waals surface area (Å²) in [6.45, 7) is 4.91. The van der Waals surface area contributed by atoms with Crippen LogP contribution in [0, 0.1) is 0 Å². The predicted octanol–water partition coefficient (Wildman–Crippen LogP) is -0.650. The van der Waals surface area contributed by atoms with Crippen LogP contribution >= 0.6 is 0 Å². The Kier molecular flexibility index (Phi) is 6.44. The van der Waals surface area contributed by atoms with Crippen molar-refractivity contribution in [1.82, 2.24) is 15.0 Å². The molecular weight excluding hydrogens is 264 g/mol. The van der Waals surface area contributed by atoms with Crippen LogP contribution < -0.4 is 21.1 Å². The number of aliphatic hydroxyl groups is 1. The average Bonchev–Trinajstić information content (AvgIpc) is 2.42. The fraction of sp³-hybridized carbons (Fsp3) is 0.636. The summed E-state index contributed by atoms with van der Waals surface area (Å²) in [5.41, 5.74) is 4.95. The number of nitrogens with zero attached hydrogens (tertiary/aromatic N) is 3. The summed E-state index contributed by atoms with van der Waals surface area (Å²) >= 11 is 0. The number of hydrogen-bond acceptors (Lipinski definition) is 8. The zero-order valence-electron chi connectivity index (χ0n) is 11.6. The molecule has 0 aliphatic rings. The quantitative estimate of drug-likeness (QED) is 0.470. The van der Waals surface area contributed by atoms with E-state index >= 15 is 0 Å². The Balaban J connectivity index is 2.76. The number of nitrogens with two attached hydrogens (primary N) is 1. The van der Waals surface area contributed by atoms with Crippen LogP contribution in [0.25, 0.3) is 0 Å². The van der Waals surface area contributed by atoms with Gasteiger partial charge in [-0.25, -0.2) is 0 Å². The van der Waals surface area contributed by atoms with E-state index in [0.717, 1.165) is 6.42 Å². The lowest BCUT2D eigenvalue weighted by atomic mass is 10.3. The van der Waals surface area contributed by atoms with Gasteiger partial charge in [-0.2, -0.15) is 15.0 Å². The van der Waals surface area contributed by atoms with Gasteiger partial charge < -0.3 is 26.2 Å². The van der Waals surface area contributed by atoms with Gasteiger partial charge in [0.05, 0.1) is 13.2 Å². The van der Waals surface area contributed by atoms with E-state index in [9.17, 15) is 9.90 Å². The summed E-state index contributed by atoms with van der Waals surface area (Å²) in [6.07, 6.45) is -0.486. The third-order valence-corrected chi connectivity index (χ3v) is 2.17. The van der Waals surface area contributed by atoms with Gasteiger partial charge in [0.15, 0.2) is 0 Å². The maximum atomic E-state index is 10.7. The lowest BCUT2D eigenvalue weighted by Crippen LogP contribution is -2.34. The van der Waals surface area contributed by atoms with Crippen LogP contribution in [0.15, 0.2) is 0 Å². The first-order chi connectivity index (χ1) is 9.56. The summed E-state index contributed by atoms with van der Waals surface area (Å²) in [5.74, 6) is -0.270. The molecule has 1 aromatic heterocycles. The van der Waals surface area contributed by atoms with E-state index in [1.54, 1.807) is 0 Å². The van der Waals surface area contributed by atoms with Gasteiger partial charge in [0, 0.05) is 6.54 Å². The SMILES string of the molecule is CCCOc1nc(NCC)nc(NCC(O)C(N)=O)n1. The minimum absolute atomic E-state index is 0.0852. The summed E-state index contributed by atoms with van der Waals surface area (Å²) in [5, 5.41) is 15.0. The van der Waals surface area contributed by atoms with Crippen molar-refractivity contribution in [3.05, 3.63) is 0 Å². The van der Waals surface area contributed by atoms with Crippen LogP contribution in [-0.2, 0) is 4.79 Å². The third-order valence-electron chi connectivity index (χ3n) is 2.17. The fourth-order valence-corrected chi connectivity index (χ4v) is 1.22. The molecule has 0 aromatic carbocycles. The Hall–Kier alpha value is -2.16. The monoisotopic (exact) mass is 284 g/mol. The van der Waals surface area contributed by atoms with Crippen molar-refractivity contribution in [3.8, 4) is 6.01 Å². The number of ether oxygens (including phenoxy) is 1. The van der Waals surface area contributed by atoms with Crippen molar-refractivity contribution in [1.29, 1.82) is 0 Å². The molecule has 0 fully saturated rings. The highest BCUT2D eigenvalue weighted by molar-refractivity contribution is 5.79. The number of hydrogen-bond donors (Lipinski definition) is 4. The summed E-state index contributed by atoms with van der Waals surface area (Å²) in [7, 11) is 0. The highest BCUT2D eigenvalue weighted by Gasteiger charge is 2.12. The molecule has 0 radical (unpaired) electrons. The predicted molar refractivity (Wildman–Crippen MR) is 73.5 cm³/mol. The van der Waals surface area contributed by atoms with Crippen molar-refractivity contribution < 1.29 is 14.6 Å². The van der Waals surface area contributed by atoms with Gasteiger partial charge in [-0.3, -0.25) is 4.79 Å². The van der Waals surface area contributed by atoms with E-state index in [-0.39, 0.29) is 18.5 Å². The van der Waals surface area contributed by atoms with E-state index in [4.69, 9.17) is 10.5 Å². The van der Waals surface area contributed by atoms with E-state index < -0.39 is 12.0 Å². The lowest BCUT2D eigenvalue weighted by Gasteiger charge is -2.11. The van der Waals surface area contributed by atoms with Gasteiger partial charge in [-0.15, -0.1) is 0 Å². The van der Waals surface area contributed by atoms with Crippen LogP contribution in [0.3, 0.4) is 0 Å². The second-order valence-corrected chi connectivity index (χ2v) is 3.94. The van der Waals surface area contributed by atoms with Crippen LogP contribution in [0.4, 0.5) is 11.9 Å². The zero-order valence-corrected chi connectivity index (χ0v) is 11.6. The highest BCUT2D eigenvalue weighted by atomic mass is 16.5. The summed E-state index contributed by atoms with van der Waals surface area (Å²) < 4.78 is 5.34. The number of primary amides is 1. The molecule has 9 nitrogen and oxygen atoms in total. The molecule has 9 heteroatoms. The van der Waals surface area contributed by atoms with E-state index in [1.807, 2.05) is 13.8 Å². The highest BCUT2D eigenvalue weighted by Crippen LogP contribution is 2.11. The minimum Gasteiger partial charge on any atom is -0.463 e. The first-order valence-electron chi connectivity index (χ1n) is 6.40. The normalized spacial score (nSPS) is 11.8. The summed E-state index contributed by atoms with van der Waals surface area (Å²) in [6, 6.07) is 0.175. The molecule has 0 saturated carbocycles. The molecule has 0 saturated heterocycles. The van der Waals surface area contributed by atoms with Crippen molar-refractivity contribution in [2.45, 2.75) is 26.4 Å². The molecule has 0 aliphatic heterocycles. The molecule has 20 heavy (non-hydrogen) atoms. The Bertz CT molecular complexity index is 442. The average molecular weight is 284 g/mol. The number of aliphatic hydroxyl groups excluding tert-OH is 1. The topological polar surface area (TPSA) is 135 Å².